The molecule has 4 N–H and O–H groups in total. The maximum Gasteiger partial charge on any atom is 0.408 e. The van der Waals surface area contributed by atoms with Crippen molar-refractivity contribution in [2.75, 3.05) is 13.2 Å². The zero-order valence-corrected chi connectivity index (χ0v) is 55.2. The molecule has 20 heteroatoms. The molecule has 4 amide bonds. The summed E-state index contributed by atoms with van der Waals surface area (Å²) in [5.74, 6) is -1.33. The van der Waals surface area contributed by atoms with Gasteiger partial charge >= 0.3 is 30.2 Å². The van der Waals surface area contributed by atoms with E-state index in [-0.39, 0.29) is 70.3 Å². The summed E-state index contributed by atoms with van der Waals surface area (Å²) in [5.41, 5.74) is 7.40. The molecule has 0 heterocycles. The van der Waals surface area contributed by atoms with Crippen LogP contribution in [-0.2, 0) is 81.9 Å². The van der Waals surface area contributed by atoms with Gasteiger partial charge in [-0.3, -0.25) is 4.79 Å². The highest BCUT2D eigenvalue weighted by atomic mass is 28.4. The summed E-state index contributed by atoms with van der Waals surface area (Å²) in [5, 5.41) is 7.88. The highest BCUT2D eigenvalue weighted by Crippen LogP contribution is 2.38. The average molecular weight is 1250 g/mol. The Balaban J connectivity index is 1.25. The topological polar surface area (TPSA) is 224 Å². The smallest absolute Gasteiger partial charge is 0.408 e. The molecule has 0 saturated heterocycles. The molecule has 18 nitrogen and oxygen atoms in total. The number of esters is 1. The fraction of sp³-hybridized carbons (Fsp3) is 0.391. The van der Waals surface area contributed by atoms with Gasteiger partial charge in [0.1, 0.15) is 55.6 Å². The number of hydrogen-bond donors (Lipinski definition) is 4. The zero-order chi connectivity index (χ0) is 64.6. The van der Waals surface area contributed by atoms with Crippen LogP contribution in [0.1, 0.15) is 87.8 Å². The van der Waals surface area contributed by atoms with Crippen LogP contribution in [-0.4, -0.2) is 89.5 Å². The first-order valence-electron chi connectivity index (χ1n) is 30.0. The van der Waals surface area contributed by atoms with Crippen molar-refractivity contribution in [2.45, 2.75) is 161 Å². The molecule has 3 atom stereocenters. The van der Waals surface area contributed by atoms with Crippen LogP contribution in [0.4, 0.5) is 14.4 Å². The summed E-state index contributed by atoms with van der Waals surface area (Å²) in [6.07, 6.45) is -3.55. The van der Waals surface area contributed by atoms with E-state index in [1.165, 1.54) is 0 Å². The van der Waals surface area contributed by atoms with Crippen LogP contribution in [0.15, 0.2) is 158 Å². The third kappa shape index (κ3) is 24.9. The molecule has 0 aromatic heterocycles. The lowest BCUT2D eigenvalue weighted by atomic mass is 9.96. The van der Waals surface area contributed by atoms with Crippen LogP contribution < -0.4 is 30.9 Å². The molecule has 0 aliphatic heterocycles. The number of rotatable bonds is 29. The van der Waals surface area contributed by atoms with Crippen LogP contribution in [0.25, 0.3) is 11.1 Å². The van der Waals surface area contributed by atoms with E-state index in [1.807, 2.05) is 171 Å². The van der Waals surface area contributed by atoms with Gasteiger partial charge in [-0.2, -0.15) is 5.48 Å². The van der Waals surface area contributed by atoms with Crippen LogP contribution in [0.2, 0.25) is 43.8 Å². The quantitative estimate of drug-likeness (QED) is 0.0148. The van der Waals surface area contributed by atoms with Crippen molar-refractivity contribution in [3.05, 3.63) is 191 Å². The van der Waals surface area contributed by atoms with Gasteiger partial charge in [0.25, 0.3) is 5.91 Å². The van der Waals surface area contributed by atoms with Gasteiger partial charge in [0.2, 0.25) is 0 Å². The molecule has 0 fully saturated rings. The molecule has 476 valence electrons. The van der Waals surface area contributed by atoms with Gasteiger partial charge in [-0.05, 0) is 120 Å². The first-order valence-corrected chi connectivity index (χ1v) is 36.6. The van der Waals surface area contributed by atoms with E-state index in [4.69, 9.17) is 37.7 Å². The number of hydroxylamine groups is 1. The summed E-state index contributed by atoms with van der Waals surface area (Å²) >= 11 is 0. The second kappa shape index (κ2) is 33.2. The van der Waals surface area contributed by atoms with Gasteiger partial charge in [0, 0.05) is 27.5 Å². The van der Waals surface area contributed by atoms with Crippen molar-refractivity contribution >= 4 is 52.5 Å². The summed E-state index contributed by atoms with van der Waals surface area (Å²) in [6, 6.07) is 47.1. The maximum absolute atomic E-state index is 14.2. The van der Waals surface area contributed by atoms with Gasteiger partial charge in [-0.15, -0.1) is 0 Å². The maximum atomic E-state index is 14.2. The van der Waals surface area contributed by atoms with E-state index in [0.717, 1.165) is 33.9 Å². The second-order valence-electron chi connectivity index (χ2n) is 25.5. The number of aryl methyl sites for hydroxylation is 1. The molecule has 0 radical (unpaired) electrons. The fourth-order valence-corrected chi connectivity index (χ4v) is 10.7. The van der Waals surface area contributed by atoms with E-state index in [1.54, 1.807) is 20.8 Å². The Kier molecular flexibility index (Phi) is 26.0. The van der Waals surface area contributed by atoms with Crippen LogP contribution in [0.3, 0.4) is 0 Å². The van der Waals surface area contributed by atoms with Crippen LogP contribution in [0.5, 0.6) is 11.5 Å². The monoisotopic (exact) mass is 1250 g/mol. The Labute approximate surface area is 526 Å². The van der Waals surface area contributed by atoms with Gasteiger partial charge in [0.15, 0.2) is 8.32 Å². The van der Waals surface area contributed by atoms with Gasteiger partial charge in [-0.1, -0.05) is 174 Å². The molecular formula is C69H88N4O14Si2. The van der Waals surface area contributed by atoms with Gasteiger partial charge in [0.05, 0.1) is 19.1 Å². The van der Waals surface area contributed by atoms with Crippen LogP contribution in [0, 0.1) is 0 Å². The lowest BCUT2D eigenvalue weighted by Gasteiger charge is -2.40. The first kappa shape index (κ1) is 69.6. The van der Waals surface area contributed by atoms with Crippen molar-refractivity contribution in [3.63, 3.8) is 0 Å². The molecule has 0 aliphatic carbocycles. The number of alkyl carbamates (subject to hydrolysis) is 3. The Bertz CT molecular complexity index is 3240. The minimum atomic E-state index is -2.59. The predicted molar refractivity (Wildman–Crippen MR) is 347 cm³/mol. The molecule has 0 unspecified atom stereocenters. The number of amides is 4. The van der Waals surface area contributed by atoms with E-state index in [2.05, 4.69) is 61.8 Å². The normalized spacial score (nSPS) is 12.7. The number of hydrogen-bond acceptors (Lipinski definition) is 14. The molecule has 6 aromatic rings. The molecular weight excluding hydrogens is 1160 g/mol. The molecule has 6 aromatic carbocycles. The molecule has 0 aliphatic rings. The third-order valence-corrected chi connectivity index (χ3v) is 20.8. The highest BCUT2D eigenvalue weighted by molar-refractivity contribution is 6.76. The van der Waals surface area contributed by atoms with Crippen molar-refractivity contribution in [3.8, 4) is 22.6 Å². The van der Waals surface area contributed by atoms with Crippen molar-refractivity contribution in [1.29, 1.82) is 0 Å². The molecule has 0 saturated carbocycles. The van der Waals surface area contributed by atoms with Gasteiger partial charge < -0.3 is 53.6 Å². The largest absolute Gasteiger partial charge is 0.489 e. The standard InChI is InChI=1S/C69H88N4O14Si2/c1-68(2,3)85-67(79)71-58(43-57(87-89(10,11)69(4,5)6)44-70-65(77)83-47-51-28-20-14-21-29-51)63(75)73-86-62(74)37-34-55-40-53(32-35-60(55)81-45-49-24-16-12-17-25-49)54-33-36-61(82-46-50-26-18-13-19-27-50)56(41-54)42-59(64(76)80-38-39-88(7,8)9)72-66(78)84-48-52-30-22-15-23-31-52/h12-33,35-36,40-41,57-59H,34,37-39,42-48H2,1-11H3,(H,70,77)(H,71,79)(H,72,78)(H,73,75)/t57-,58+,59+/m1/s1. The number of ether oxygens (including phenoxy) is 6. The Hall–Kier alpha value is -8.47. The van der Waals surface area contributed by atoms with Crippen molar-refractivity contribution in [1.82, 2.24) is 21.4 Å². The summed E-state index contributed by atoms with van der Waals surface area (Å²) in [6.45, 7) is 22.4. The summed E-state index contributed by atoms with van der Waals surface area (Å²) in [7, 11) is -4.19. The Morgan fingerprint density at radius 2 is 1.00 bits per heavy atom. The first-order chi connectivity index (χ1) is 42.2. The van der Waals surface area contributed by atoms with E-state index in [0.29, 0.717) is 28.2 Å². The molecule has 0 bridgehead atoms. The second-order valence-corrected chi connectivity index (χ2v) is 35.8. The summed E-state index contributed by atoms with van der Waals surface area (Å²) < 4.78 is 42.1. The average Bonchev–Trinajstić information content (AvgIpc) is 3.34. The van der Waals surface area contributed by atoms with E-state index < -0.39 is 76.3 Å². The van der Waals surface area contributed by atoms with Crippen molar-refractivity contribution < 1.29 is 66.5 Å². The Morgan fingerprint density at radius 3 is 1.49 bits per heavy atom. The Morgan fingerprint density at radius 1 is 0.528 bits per heavy atom. The minimum absolute atomic E-state index is 0.0109. The lowest BCUT2D eigenvalue weighted by molar-refractivity contribution is -0.159. The van der Waals surface area contributed by atoms with E-state index >= 15 is 0 Å². The lowest BCUT2D eigenvalue weighted by Crippen LogP contribution is -2.53. The number of benzene rings is 6. The van der Waals surface area contributed by atoms with Crippen LogP contribution >= 0.6 is 0 Å². The number of carbonyl (C=O) groups is 6. The third-order valence-electron chi connectivity index (χ3n) is 14.6. The molecule has 0 spiro atoms. The highest BCUT2D eigenvalue weighted by Gasteiger charge is 2.41. The summed E-state index contributed by atoms with van der Waals surface area (Å²) in [4.78, 5) is 87.3. The molecule has 89 heavy (non-hydrogen) atoms. The zero-order valence-electron chi connectivity index (χ0n) is 53.2. The SMILES string of the molecule is CC(C)(C)OC(=O)N[C@@H](C[C@H](CNC(=O)OCc1ccccc1)O[Si](C)(C)C(C)(C)C)C(=O)NOC(=O)CCc1cc(-c2ccc(OCc3ccccc3)c(C[C@H](NC(=O)OCc3ccccc3)C(=O)OCC[Si](C)(C)C)c2)ccc1OCc1ccccc1. The molecule has 6 rings (SSSR count). The number of carbonyl (C=O) groups excluding carboxylic acids is 6. The van der Waals surface area contributed by atoms with Gasteiger partial charge in [-0.25, -0.2) is 24.0 Å². The fourth-order valence-electron chi connectivity index (χ4n) is 8.65. The van der Waals surface area contributed by atoms with E-state index in [9.17, 15) is 28.8 Å². The van der Waals surface area contributed by atoms with Crippen molar-refractivity contribution in [2.24, 2.45) is 0 Å². The number of nitrogens with one attached hydrogen (secondary N) is 4. The minimum Gasteiger partial charge on any atom is -0.489 e. The predicted octanol–water partition coefficient (Wildman–Crippen LogP) is 13.3.